The van der Waals surface area contributed by atoms with Crippen molar-refractivity contribution in [3.63, 3.8) is 0 Å². The maximum Gasteiger partial charge on any atom is 0.146 e. The van der Waals surface area contributed by atoms with Gasteiger partial charge in [0.1, 0.15) is 23.2 Å². The number of pyridine rings is 1. The first kappa shape index (κ1) is 14.6. The second-order valence-electron chi connectivity index (χ2n) is 4.70. The van der Waals surface area contributed by atoms with Crippen molar-refractivity contribution in [2.24, 2.45) is 0 Å². The van der Waals surface area contributed by atoms with Crippen molar-refractivity contribution in [2.45, 2.75) is 32.8 Å². The zero-order valence-corrected chi connectivity index (χ0v) is 12.1. The summed E-state index contributed by atoms with van der Waals surface area (Å²) in [6.45, 7) is 5.57. The molecule has 0 amide bonds. The lowest BCUT2D eigenvalue weighted by Crippen LogP contribution is -2.18. The molecule has 0 radical (unpaired) electrons. The molecule has 108 valence electrons. The highest BCUT2D eigenvalue weighted by Crippen LogP contribution is 2.26. The van der Waals surface area contributed by atoms with E-state index in [1.54, 1.807) is 6.07 Å². The topological polar surface area (TPSA) is 57.4 Å². The summed E-state index contributed by atoms with van der Waals surface area (Å²) in [5, 5.41) is 1.04. The van der Waals surface area contributed by atoms with E-state index in [1.165, 1.54) is 0 Å². The highest BCUT2D eigenvalue weighted by atomic mass is 16.5. The molecular formula is C16H22N2O2. The number of rotatable bonds is 7. The predicted molar refractivity (Wildman–Crippen MR) is 82.0 cm³/mol. The average molecular weight is 274 g/mol. The fraction of sp³-hybridized carbons (Fsp3) is 0.438. The van der Waals surface area contributed by atoms with Gasteiger partial charge in [0.25, 0.3) is 0 Å². The lowest BCUT2D eigenvalue weighted by molar-refractivity contribution is 0.0987. The van der Waals surface area contributed by atoms with Gasteiger partial charge in [-0.25, -0.2) is 4.98 Å². The van der Waals surface area contributed by atoms with Crippen LogP contribution in [0.5, 0.6) is 5.75 Å². The van der Waals surface area contributed by atoms with Gasteiger partial charge in [-0.1, -0.05) is 19.1 Å². The molecule has 0 fully saturated rings. The van der Waals surface area contributed by atoms with E-state index >= 15 is 0 Å². The second kappa shape index (κ2) is 7.10. The van der Waals surface area contributed by atoms with Gasteiger partial charge in [-0.05, 0) is 31.5 Å². The number of hydrogen-bond acceptors (Lipinski definition) is 4. The molecule has 4 heteroatoms. The molecule has 2 N–H and O–H groups in total. The zero-order valence-electron chi connectivity index (χ0n) is 12.1. The van der Waals surface area contributed by atoms with Gasteiger partial charge in [0, 0.05) is 18.4 Å². The van der Waals surface area contributed by atoms with Crippen LogP contribution in [0.3, 0.4) is 0 Å². The van der Waals surface area contributed by atoms with Crippen LogP contribution < -0.4 is 10.5 Å². The Morgan fingerprint density at radius 1 is 1.20 bits per heavy atom. The van der Waals surface area contributed by atoms with Gasteiger partial charge in [0.2, 0.25) is 0 Å². The molecule has 0 aliphatic heterocycles. The summed E-state index contributed by atoms with van der Waals surface area (Å²) in [5.41, 5.74) is 6.59. The van der Waals surface area contributed by atoms with E-state index in [2.05, 4.69) is 11.9 Å². The Hall–Kier alpha value is -1.81. The molecule has 0 aliphatic rings. The van der Waals surface area contributed by atoms with E-state index in [-0.39, 0.29) is 6.10 Å². The normalized spacial score (nSPS) is 12.5. The van der Waals surface area contributed by atoms with Crippen molar-refractivity contribution in [3.05, 3.63) is 30.3 Å². The van der Waals surface area contributed by atoms with Gasteiger partial charge in [0.15, 0.2) is 0 Å². The van der Waals surface area contributed by atoms with Crippen LogP contribution >= 0.6 is 0 Å². The molecule has 0 aliphatic carbocycles. The van der Waals surface area contributed by atoms with Crippen LogP contribution in [0, 0.1) is 0 Å². The Balaban J connectivity index is 2.17. The van der Waals surface area contributed by atoms with Crippen LogP contribution in [0.15, 0.2) is 30.3 Å². The number of benzene rings is 1. The first-order valence-electron chi connectivity index (χ1n) is 7.14. The fourth-order valence-electron chi connectivity index (χ4n) is 2.12. The van der Waals surface area contributed by atoms with E-state index < -0.39 is 0 Å². The number of anilines is 1. The monoisotopic (exact) mass is 274 g/mol. The summed E-state index contributed by atoms with van der Waals surface area (Å²) >= 11 is 0. The lowest BCUT2D eigenvalue weighted by atomic mass is 10.2. The quantitative estimate of drug-likeness (QED) is 0.786. The van der Waals surface area contributed by atoms with Crippen molar-refractivity contribution in [3.8, 4) is 5.75 Å². The number of nitrogens with two attached hydrogens (primary N) is 1. The summed E-state index contributed by atoms with van der Waals surface area (Å²) in [6.07, 6.45) is 1.95. The molecule has 0 saturated carbocycles. The van der Waals surface area contributed by atoms with Gasteiger partial charge in [-0.15, -0.1) is 0 Å². The molecule has 0 spiro atoms. The van der Waals surface area contributed by atoms with Crippen LogP contribution in [-0.2, 0) is 4.74 Å². The molecule has 1 aromatic carbocycles. The van der Waals surface area contributed by atoms with Crippen molar-refractivity contribution < 1.29 is 9.47 Å². The lowest BCUT2D eigenvalue weighted by Gasteiger charge is -2.18. The molecule has 1 aromatic heterocycles. The highest BCUT2D eigenvalue weighted by Gasteiger charge is 2.11. The van der Waals surface area contributed by atoms with Crippen molar-refractivity contribution in [2.75, 3.05) is 18.9 Å². The second-order valence-corrected chi connectivity index (χ2v) is 4.70. The molecule has 2 rings (SSSR count). The van der Waals surface area contributed by atoms with Crippen molar-refractivity contribution in [1.82, 2.24) is 4.98 Å². The number of nitrogens with zero attached hydrogens (tertiary/aromatic N) is 1. The van der Waals surface area contributed by atoms with Crippen molar-refractivity contribution in [1.29, 1.82) is 0 Å². The van der Waals surface area contributed by atoms with Crippen LogP contribution in [-0.4, -0.2) is 24.3 Å². The first-order chi connectivity index (χ1) is 9.74. The third-order valence-electron chi connectivity index (χ3n) is 3.24. The molecule has 20 heavy (non-hydrogen) atoms. The van der Waals surface area contributed by atoms with Crippen LogP contribution in [0.1, 0.15) is 26.7 Å². The minimum Gasteiger partial charge on any atom is -0.488 e. The Labute approximate surface area is 119 Å². The molecule has 0 bridgehead atoms. The molecule has 1 heterocycles. The predicted octanol–water partition coefficient (Wildman–Crippen LogP) is 3.40. The van der Waals surface area contributed by atoms with Gasteiger partial charge >= 0.3 is 0 Å². The minimum atomic E-state index is 0.135. The molecular weight excluding hydrogens is 252 g/mol. The Kier molecular flexibility index (Phi) is 5.18. The smallest absolute Gasteiger partial charge is 0.146 e. The van der Waals surface area contributed by atoms with Crippen LogP contribution in [0.2, 0.25) is 0 Å². The van der Waals surface area contributed by atoms with Crippen LogP contribution in [0.4, 0.5) is 5.82 Å². The van der Waals surface area contributed by atoms with Crippen LogP contribution in [0.25, 0.3) is 10.9 Å². The maximum atomic E-state index is 6.08. The summed E-state index contributed by atoms with van der Waals surface area (Å²) in [4.78, 5) is 4.38. The van der Waals surface area contributed by atoms with Gasteiger partial charge in [-0.2, -0.15) is 0 Å². The standard InChI is InChI=1S/C16H22N2O2/c1-3-13(10-11-19-4-2)20-14-7-5-6-12-8-9-15(17)18-16(12)14/h5-9,13H,3-4,10-11H2,1-2H3,(H2,17,18). The largest absolute Gasteiger partial charge is 0.488 e. The summed E-state index contributed by atoms with van der Waals surface area (Å²) in [7, 11) is 0. The first-order valence-corrected chi connectivity index (χ1v) is 7.14. The number of aromatic nitrogens is 1. The van der Waals surface area contributed by atoms with E-state index in [0.29, 0.717) is 5.82 Å². The highest BCUT2D eigenvalue weighted by molar-refractivity contribution is 5.85. The van der Waals surface area contributed by atoms with E-state index in [9.17, 15) is 0 Å². The van der Waals surface area contributed by atoms with E-state index in [4.69, 9.17) is 15.2 Å². The molecule has 1 unspecified atom stereocenters. The van der Waals surface area contributed by atoms with Gasteiger partial charge in [-0.3, -0.25) is 0 Å². The minimum absolute atomic E-state index is 0.135. The Bertz CT molecular complexity index is 557. The summed E-state index contributed by atoms with van der Waals surface area (Å²) < 4.78 is 11.5. The molecule has 4 nitrogen and oxygen atoms in total. The number of fused-ring (bicyclic) bond motifs is 1. The summed E-state index contributed by atoms with van der Waals surface area (Å²) in [5.74, 6) is 1.30. The fourth-order valence-corrected chi connectivity index (χ4v) is 2.12. The van der Waals surface area contributed by atoms with E-state index in [1.807, 2.05) is 31.2 Å². The number of nitrogen functional groups attached to an aromatic ring is 1. The number of ether oxygens (including phenoxy) is 2. The zero-order chi connectivity index (χ0) is 14.4. The van der Waals surface area contributed by atoms with Crippen molar-refractivity contribution >= 4 is 16.7 Å². The summed E-state index contributed by atoms with van der Waals surface area (Å²) in [6, 6.07) is 9.70. The number of hydrogen-bond donors (Lipinski definition) is 1. The molecule has 2 aromatic rings. The van der Waals surface area contributed by atoms with Gasteiger partial charge in [0.05, 0.1) is 6.61 Å². The maximum absolute atomic E-state index is 6.08. The number of para-hydroxylation sites is 1. The Morgan fingerprint density at radius 2 is 2.05 bits per heavy atom. The Morgan fingerprint density at radius 3 is 2.80 bits per heavy atom. The average Bonchev–Trinajstić information content (AvgIpc) is 2.47. The van der Waals surface area contributed by atoms with E-state index in [0.717, 1.165) is 42.7 Å². The third-order valence-corrected chi connectivity index (χ3v) is 3.24. The third kappa shape index (κ3) is 3.61. The molecule has 1 atom stereocenters. The SMILES string of the molecule is CCOCCC(CC)Oc1cccc2ccc(N)nc12. The molecule has 0 saturated heterocycles. The van der Waals surface area contributed by atoms with Gasteiger partial charge < -0.3 is 15.2 Å².